The SMILES string of the molecule is COc1ncc(-c2sc(NC(C)C3CCOCC3)nc2C)cc1S(=O)Nc1c(C)cncc1C. The van der Waals surface area contributed by atoms with Crippen molar-refractivity contribution in [2.75, 3.05) is 30.4 Å². The average Bonchev–Trinajstić information content (AvgIpc) is 3.21. The molecule has 0 aliphatic carbocycles. The van der Waals surface area contributed by atoms with Crippen LogP contribution in [-0.2, 0) is 15.7 Å². The minimum atomic E-state index is -1.57. The third-order valence-electron chi connectivity index (χ3n) is 6.11. The van der Waals surface area contributed by atoms with Gasteiger partial charge in [0.25, 0.3) is 0 Å². The fourth-order valence-corrected chi connectivity index (χ4v) is 6.30. The summed E-state index contributed by atoms with van der Waals surface area (Å²) in [5.74, 6) is 0.900. The molecule has 2 N–H and O–H groups in total. The van der Waals surface area contributed by atoms with Gasteiger partial charge in [0.2, 0.25) is 5.88 Å². The molecular weight excluding hydrogens is 470 g/mol. The van der Waals surface area contributed by atoms with Crippen LogP contribution in [0.15, 0.2) is 29.6 Å². The average molecular weight is 502 g/mol. The maximum absolute atomic E-state index is 13.3. The van der Waals surface area contributed by atoms with Crippen LogP contribution in [0.3, 0.4) is 0 Å². The first kappa shape index (κ1) is 24.6. The highest BCUT2D eigenvalue weighted by atomic mass is 32.2. The number of nitrogens with zero attached hydrogens (tertiary/aromatic N) is 3. The second-order valence-electron chi connectivity index (χ2n) is 8.57. The van der Waals surface area contributed by atoms with E-state index in [9.17, 15) is 4.21 Å². The summed E-state index contributed by atoms with van der Waals surface area (Å²) in [5, 5.41) is 4.46. The lowest BCUT2D eigenvalue weighted by Gasteiger charge is -2.28. The van der Waals surface area contributed by atoms with Crippen LogP contribution < -0.4 is 14.8 Å². The Balaban J connectivity index is 1.58. The molecule has 8 nitrogen and oxygen atoms in total. The zero-order chi connectivity index (χ0) is 24.2. The summed E-state index contributed by atoms with van der Waals surface area (Å²) in [6.07, 6.45) is 7.36. The minimum Gasteiger partial charge on any atom is -0.480 e. The Labute approximate surface area is 207 Å². The van der Waals surface area contributed by atoms with Crippen molar-refractivity contribution in [2.45, 2.75) is 51.5 Å². The summed E-state index contributed by atoms with van der Waals surface area (Å²) < 4.78 is 27.3. The van der Waals surface area contributed by atoms with E-state index < -0.39 is 11.0 Å². The third-order valence-corrected chi connectivity index (χ3v) is 8.33. The molecule has 0 amide bonds. The highest BCUT2D eigenvalue weighted by molar-refractivity contribution is 7.86. The van der Waals surface area contributed by atoms with Gasteiger partial charge in [0.15, 0.2) is 16.1 Å². The predicted molar refractivity (Wildman–Crippen MR) is 137 cm³/mol. The molecule has 0 aromatic carbocycles. The zero-order valence-corrected chi connectivity index (χ0v) is 21.8. The highest BCUT2D eigenvalue weighted by Crippen LogP contribution is 2.36. The van der Waals surface area contributed by atoms with Crippen LogP contribution in [0.1, 0.15) is 36.6 Å². The summed E-state index contributed by atoms with van der Waals surface area (Å²) in [6.45, 7) is 9.70. The number of methoxy groups -OCH3 is 1. The first-order valence-electron chi connectivity index (χ1n) is 11.3. The molecule has 4 rings (SSSR count). The molecule has 3 aromatic heterocycles. The molecule has 2 atom stereocenters. The van der Waals surface area contributed by atoms with Crippen molar-refractivity contribution in [3.8, 4) is 16.3 Å². The number of aromatic nitrogens is 3. The number of hydrogen-bond acceptors (Lipinski definition) is 8. The topological polar surface area (TPSA) is 98.3 Å². The maximum atomic E-state index is 13.3. The molecule has 1 fully saturated rings. The number of nitrogens with one attached hydrogen (secondary N) is 2. The Morgan fingerprint density at radius 1 is 1.18 bits per heavy atom. The monoisotopic (exact) mass is 501 g/mol. The van der Waals surface area contributed by atoms with E-state index in [4.69, 9.17) is 14.5 Å². The van der Waals surface area contributed by atoms with Gasteiger partial charge in [-0.15, -0.1) is 0 Å². The molecule has 1 saturated heterocycles. The van der Waals surface area contributed by atoms with Crippen molar-refractivity contribution >= 4 is 33.1 Å². The molecule has 0 radical (unpaired) electrons. The Kier molecular flexibility index (Phi) is 7.80. The molecule has 0 saturated carbocycles. The van der Waals surface area contributed by atoms with Crippen LogP contribution in [0, 0.1) is 26.7 Å². The van der Waals surface area contributed by atoms with Crippen LogP contribution in [0.4, 0.5) is 10.8 Å². The quantitative estimate of drug-likeness (QED) is 0.453. The lowest BCUT2D eigenvalue weighted by Crippen LogP contribution is -2.30. The van der Waals surface area contributed by atoms with E-state index >= 15 is 0 Å². The van der Waals surface area contributed by atoms with Crippen LogP contribution in [0.2, 0.25) is 0 Å². The van der Waals surface area contributed by atoms with Gasteiger partial charge in [0, 0.05) is 43.4 Å². The number of aryl methyl sites for hydroxylation is 3. The zero-order valence-electron chi connectivity index (χ0n) is 20.2. The van der Waals surface area contributed by atoms with E-state index in [-0.39, 0.29) is 0 Å². The lowest BCUT2D eigenvalue weighted by atomic mass is 9.93. The van der Waals surface area contributed by atoms with Crippen molar-refractivity contribution in [2.24, 2.45) is 5.92 Å². The second-order valence-corrected chi connectivity index (χ2v) is 10.7. The number of hydrogen-bond donors (Lipinski definition) is 2. The fourth-order valence-electron chi connectivity index (χ4n) is 4.11. The van der Waals surface area contributed by atoms with Crippen molar-refractivity contribution in [1.82, 2.24) is 15.0 Å². The Bertz CT molecular complexity index is 1160. The van der Waals surface area contributed by atoms with Gasteiger partial charge in [-0.3, -0.25) is 4.98 Å². The molecule has 182 valence electrons. The van der Waals surface area contributed by atoms with E-state index in [0.29, 0.717) is 22.7 Å². The van der Waals surface area contributed by atoms with Gasteiger partial charge in [-0.25, -0.2) is 14.2 Å². The highest BCUT2D eigenvalue weighted by Gasteiger charge is 2.23. The maximum Gasteiger partial charge on any atom is 0.231 e. The Hall–Kier alpha value is -2.56. The number of rotatable bonds is 8. The summed E-state index contributed by atoms with van der Waals surface area (Å²) in [7, 11) is -0.0402. The van der Waals surface area contributed by atoms with Crippen LogP contribution >= 0.6 is 11.3 Å². The van der Waals surface area contributed by atoms with E-state index in [1.54, 1.807) is 29.9 Å². The van der Waals surface area contributed by atoms with Crippen LogP contribution in [0.5, 0.6) is 5.88 Å². The molecule has 34 heavy (non-hydrogen) atoms. The predicted octanol–water partition coefficient (Wildman–Crippen LogP) is 4.90. The van der Waals surface area contributed by atoms with Gasteiger partial charge in [0.05, 0.1) is 23.4 Å². The standard InChI is InChI=1S/C24H31N5O3S2/c1-14-11-25-12-15(2)21(14)29-34(30)20-10-19(13-26-23(20)31-5)22-17(4)28-24(33-22)27-16(3)18-6-8-32-9-7-18/h10-13,16,18H,6-9H2,1-5H3,(H,25,29)(H,27,28). The molecule has 1 aliphatic heterocycles. The second kappa shape index (κ2) is 10.8. The summed E-state index contributed by atoms with van der Waals surface area (Å²) in [4.78, 5) is 14.8. The minimum absolute atomic E-state index is 0.315. The molecule has 4 heterocycles. The molecule has 1 aliphatic rings. The smallest absolute Gasteiger partial charge is 0.231 e. The molecule has 3 aromatic rings. The Morgan fingerprint density at radius 2 is 1.88 bits per heavy atom. The number of anilines is 2. The molecule has 2 unspecified atom stereocenters. The van der Waals surface area contributed by atoms with Gasteiger partial charge in [-0.05, 0) is 63.6 Å². The van der Waals surface area contributed by atoms with Crippen molar-refractivity contribution < 1.29 is 13.7 Å². The third kappa shape index (κ3) is 5.39. The van der Waals surface area contributed by atoms with E-state index in [2.05, 4.69) is 26.9 Å². The van der Waals surface area contributed by atoms with Crippen molar-refractivity contribution in [1.29, 1.82) is 0 Å². The van der Waals surface area contributed by atoms with Crippen LogP contribution in [-0.4, -0.2) is 45.5 Å². The van der Waals surface area contributed by atoms with Crippen LogP contribution in [0.25, 0.3) is 10.4 Å². The molecular formula is C24H31N5O3S2. The van der Waals surface area contributed by atoms with Gasteiger partial charge in [-0.2, -0.15) is 0 Å². The van der Waals surface area contributed by atoms with E-state index in [0.717, 1.165) is 64.1 Å². The normalized spacial score (nSPS) is 16.1. The number of pyridine rings is 2. The van der Waals surface area contributed by atoms with Gasteiger partial charge < -0.3 is 19.5 Å². The van der Waals surface area contributed by atoms with Crippen molar-refractivity contribution in [3.63, 3.8) is 0 Å². The van der Waals surface area contributed by atoms with Gasteiger partial charge >= 0.3 is 0 Å². The van der Waals surface area contributed by atoms with Crippen molar-refractivity contribution in [3.05, 3.63) is 41.5 Å². The number of ether oxygens (including phenoxy) is 2. The number of thiazole rings is 1. The van der Waals surface area contributed by atoms with E-state index in [1.165, 1.54) is 7.11 Å². The molecule has 10 heteroatoms. The first-order chi connectivity index (χ1) is 16.4. The summed E-state index contributed by atoms with van der Waals surface area (Å²) in [6, 6.07) is 2.18. The lowest BCUT2D eigenvalue weighted by molar-refractivity contribution is 0.0622. The summed E-state index contributed by atoms with van der Waals surface area (Å²) >= 11 is 1.59. The first-order valence-corrected chi connectivity index (χ1v) is 13.3. The molecule has 0 spiro atoms. The largest absolute Gasteiger partial charge is 0.480 e. The Morgan fingerprint density at radius 3 is 2.56 bits per heavy atom. The van der Waals surface area contributed by atoms with E-state index in [1.807, 2.05) is 26.8 Å². The summed E-state index contributed by atoms with van der Waals surface area (Å²) in [5.41, 5.74) is 4.40. The molecule has 0 bridgehead atoms. The fraction of sp³-hybridized carbons (Fsp3) is 0.458. The van der Waals surface area contributed by atoms with Gasteiger partial charge in [0.1, 0.15) is 4.90 Å². The van der Waals surface area contributed by atoms with Gasteiger partial charge in [-0.1, -0.05) is 11.3 Å².